The van der Waals surface area contributed by atoms with Crippen molar-refractivity contribution in [1.29, 1.82) is 0 Å². The molecule has 2 heterocycles. The molecule has 0 aliphatic carbocycles. The molecule has 0 bridgehead atoms. The fourth-order valence-electron chi connectivity index (χ4n) is 2.23. The normalized spacial score (nSPS) is 16.8. The summed E-state index contributed by atoms with van der Waals surface area (Å²) in [5, 5.41) is 2.67. The lowest BCUT2D eigenvalue weighted by Crippen LogP contribution is -2.47. The minimum absolute atomic E-state index is 0.0584. The fraction of sp³-hybridized carbons (Fsp3) is 0.583. The average molecular weight is 304 g/mol. The number of alkyl halides is 3. The van der Waals surface area contributed by atoms with Gasteiger partial charge in [-0.1, -0.05) is 0 Å². The maximum Gasteiger partial charge on any atom is 0.471 e. The zero-order valence-electron chi connectivity index (χ0n) is 11.1. The zero-order valence-corrected chi connectivity index (χ0v) is 11.1. The highest BCUT2D eigenvalue weighted by atomic mass is 19.4. The molecule has 1 fully saturated rings. The zero-order chi connectivity index (χ0) is 15.5. The third-order valence-corrected chi connectivity index (χ3v) is 3.38. The maximum atomic E-state index is 12.3. The third kappa shape index (κ3) is 3.96. The highest BCUT2D eigenvalue weighted by Gasteiger charge is 2.43. The molecule has 1 aliphatic heterocycles. The molecule has 2 N–H and O–H groups in total. The van der Waals surface area contributed by atoms with Crippen LogP contribution in [0, 0.1) is 5.92 Å². The first-order valence-corrected chi connectivity index (χ1v) is 6.50. The molecule has 0 aromatic carbocycles. The highest BCUT2D eigenvalue weighted by molar-refractivity contribution is 5.83. The van der Waals surface area contributed by atoms with Crippen LogP contribution in [0.4, 0.5) is 13.2 Å². The topological polar surface area (TPSA) is 78.1 Å². The molecule has 2 rings (SSSR count). The van der Waals surface area contributed by atoms with Gasteiger partial charge in [-0.05, 0) is 12.8 Å². The van der Waals surface area contributed by atoms with E-state index in [4.69, 9.17) is 0 Å². The smallest absolute Gasteiger partial charge is 0.349 e. The van der Waals surface area contributed by atoms with Crippen LogP contribution in [-0.4, -0.2) is 45.9 Å². The maximum absolute atomic E-state index is 12.3. The van der Waals surface area contributed by atoms with Crippen molar-refractivity contribution < 1.29 is 22.8 Å². The van der Waals surface area contributed by atoms with Crippen molar-refractivity contribution in [2.45, 2.75) is 25.6 Å². The molecule has 116 valence electrons. The van der Waals surface area contributed by atoms with Gasteiger partial charge in [0.25, 0.3) is 0 Å². The summed E-state index contributed by atoms with van der Waals surface area (Å²) in [4.78, 5) is 30.5. The molecule has 1 saturated heterocycles. The lowest BCUT2D eigenvalue weighted by molar-refractivity contribution is -0.186. The Labute approximate surface area is 118 Å². The van der Waals surface area contributed by atoms with Gasteiger partial charge in [-0.2, -0.15) is 13.2 Å². The third-order valence-electron chi connectivity index (χ3n) is 3.38. The predicted molar refractivity (Wildman–Crippen MR) is 65.8 cm³/mol. The van der Waals surface area contributed by atoms with Gasteiger partial charge >= 0.3 is 12.1 Å². The summed E-state index contributed by atoms with van der Waals surface area (Å²) in [5.41, 5.74) is 0. The molecule has 9 heteroatoms. The average Bonchev–Trinajstić information content (AvgIpc) is 2.96. The van der Waals surface area contributed by atoms with Crippen LogP contribution < -0.4 is 5.32 Å². The molecule has 1 aromatic heterocycles. The molecular weight excluding hydrogens is 289 g/mol. The SMILES string of the molecule is O=C(NCc1ncc[nH]1)C1CCN(C(=O)C(F)(F)F)CC1. The van der Waals surface area contributed by atoms with Gasteiger partial charge < -0.3 is 15.2 Å². The van der Waals surface area contributed by atoms with Gasteiger partial charge in [0.05, 0.1) is 6.54 Å². The number of carbonyl (C=O) groups excluding carboxylic acids is 2. The Hall–Kier alpha value is -2.06. The van der Waals surface area contributed by atoms with Crippen molar-refractivity contribution >= 4 is 11.8 Å². The first kappa shape index (κ1) is 15.3. The molecule has 0 radical (unpaired) electrons. The van der Waals surface area contributed by atoms with Crippen LogP contribution in [0.5, 0.6) is 0 Å². The van der Waals surface area contributed by atoms with Gasteiger partial charge in [0.15, 0.2) is 0 Å². The Morgan fingerprint density at radius 2 is 2.05 bits per heavy atom. The van der Waals surface area contributed by atoms with E-state index in [1.54, 1.807) is 12.4 Å². The van der Waals surface area contributed by atoms with Crippen molar-refractivity contribution in [3.63, 3.8) is 0 Å². The van der Waals surface area contributed by atoms with E-state index in [-0.39, 0.29) is 44.3 Å². The number of rotatable bonds is 3. The number of carbonyl (C=O) groups is 2. The van der Waals surface area contributed by atoms with Crippen LogP contribution >= 0.6 is 0 Å². The molecule has 0 saturated carbocycles. The number of imidazole rings is 1. The lowest BCUT2D eigenvalue weighted by Gasteiger charge is -2.31. The van der Waals surface area contributed by atoms with Crippen LogP contribution in [0.2, 0.25) is 0 Å². The summed E-state index contributed by atoms with van der Waals surface area (Å²) < 4.78 is 36.9. The molecule has 0 atom stereocenters. The van der Waals surface area contributed by atoms with E-state index in [1.165, 1.54) is 0 Å². The second-order valence-corrected chi connectivity index (χ2v) is 4.82. The molecular formula is C12H15F3N4O2. The Morgan fingerprint density at radius 3 is 2.57 bits per heavy atom. The molecule has 0 spiro atoms. The Morgan fingerprint density at radius 1 is 1.38 bits per heavy atom. The van der Waals surface area contributed by atoms with Crippen LogP contribution in [0.3, 0.4) is 0 Å². The van der Waals surface area contributed by atoms with E-state index in [0.29, 0.717) is 5.82 Å². The van der Waals surface area contributed by atoms with E-state index >= 15 is 0 Å². The number of likely N-dealkylation sites (tertiary alicyclic amines) is 1. The number of aromatic amines is 1. The lowest BCUT2D eigenvalue weighted by atomic mass is 9.96. The Balaban J connectivity index is 1.78. The second kappa shape index (κ2) is 6.15. The molecule has 1 aliphatic rings. The van der Waals surface area contributed by atoms with E-state index in [9.17, 15) is 22.8 Å². The number of nitrogens with zero attached hydrogens (tertiary/aromatic N) is 2. The number of halogens is 3. The van der Waals surface area contributed by atoms with Crippen LogP contribution in [0.25, 0.3) is 0 Å². The van der Waals surface area contributed by atoms with Gasteiger partial charge in [-0.25, -0.2) is 4.98 Å². The van der Waals surface area contributed by atoms with Gasteiger partial charge in [-0.15, -0.1) is 0 Å². The Kier molecular flexibility index (Phi) is 4.49. The largest absolute Gasteiger partial charge is 0.471 e. The fourth-order valence-corrected chi connectivity index (χ4v) is 2.23. The number of H-pyrrole nitrogens is 1. The number of hydrogen-bond acceptors (Lipinski definition) is 3. The number of aromatic nitrogens is 2. The minimum Gasteiger partial charge on any atom is -0.349 e. The molecule has 6 nitrogen and oxygen atoms in total. The van der Waals surface area contributed by atoms with Crippen molar-refractivity contribution in [2.75, 3.05) is 13.1 Å². The molecule has 1 aromatic rings. The number of amides is 2. The predicted octanol–water partition coefficient (Wildman–Crippen LogP) is 0.827. The van der Waals surface area contributed by atoms with Crippen molar-refractivity contribution in [1.82, 2.24) is 20.2 Å². The number of hydrogen-bond donors (Lipinski definition) is 2. The summed E-state index contributed by atoms with van der Waals surface area (Å²) in [7, 11) is 0. The number of nitrogens with one attached hydrogen (secondary N) is 2. The standard InChI is InChI=1S/C12H15F3N4O2/c13-12(14,15)11(21)19-5-1-8(2-6-19)10(20)18-7-9-16-3-4-17-9/h3-4,8H,1-2,5-7H2,(H,16,17)(H,18,20). The summed E-state index contributed by atoms with van der Waals surface area (Å²) in [5.74, 6) is -1.84. The number of piperidine rings is 1. The van der Waals surface area contributed by atoms with Crippen LogP contribution in [-0.2, 0) is 16.1 Å². The first-order valence-electron chi connectivity index (χ1n) is 6.50. The van der Waals surface area contributed by atoms with Crippen molar-refractivity contribution in [3.8, 4) is 0 Å². The molecule has 2 amide bonds. The van der Waals surface area contributed by atoms with Gasteiger partial charge in [0.1, 0.15) is 5.82 Å². The highest BCUT2D eigenvalue weighted by Crippen LogP contribution is 2.23. The van der Waals surface area contributed by atoms with Gasteiger partial charge in [0.2, 0.25) is 5.91 Å². The summed E-state index contributed by atoms with van der Waals surface area (Å²) in [6, 6.07) is 0. The van der Waals surface area contributed by atoms with Crippen molar-refractivity contribution in [2.24, 2.45) is 5.92 Å². The van der Waals surface area contributed by atoms with E-state index < -0.39 is 12.1 Å². The summed E-state index contributed by atoms with van der Waals surface area (Å²) in [6.07, 6.45) is -1.21. The van der Waals surface area contributed by atoms with Gasteiger partial charge in [0, 0.05) is 31.4 Å². The van der Waals surface area contributed by atoms with E-state index in [1.807, 2.05) is 0 Å². The van der Waals surface area contributed by atoms with Gasteiger partial charge in [-0.3, -0.25) is 9.59 Å². The minimum atomic E-state index is -4.85. The monoisotopic (exact) mass is 304 g/mol. The molecule has 0 unspecified atom stereocenters. The van der Waals surface area contributed by atoms with Crippen LogP contribution in [0.1, 0.15) is 18.7 Å². The van der Waals surface area contributed by atoms with Crippen molar-refractivity contribution in [3.05, 3.63) is 18.2 Å². The second-order valence-electron chi connectivity index (χ2n) is 4.82. The molecule has 21 heavy (non-hydrogen) atoms. The summed E-state index contributed by atoms with van der Waals surface area (Å²) in [6.45, 7) is 0.127. The van der Waals surface area contributed by atoms with E-state index in [2.05, 4.69) is 15.3 Å². The first-order chi connectivity index (χ1) is 9.88. The van der Waals surface area contributed by atoms with Crippen LogP contribution in [0.15, 0.2) is 12.4 Å². The quantitative estimate of drug-likeness (QED) is 0.868. The van der Waals surface area contributed by atoms with E-state index in [0.717, 1.165) is 4.90 Å². The summed E-state index contributed by atoms with van der Waals surface area (Å²) >= 11 is 0. The Bertz CT molecular complexity index is 493.